The van der Waals surface area contributed by atoms with Crippen molar-refractivity contribution in [1.82, 2.24) is 4.57 Å². The van der Waals surface area contributed by atoms with Crippen molar-refractivity contribution in [2.75, 3.05) is 0 Å². The maximum absolute atomic E-state index is 11.3. The van der Waals surface area contributed by atoms with Gasteiger partial charge in [-0.2, -0.15) is 0 Å². The molecule has 0 aliphatic heterocycles. The number of hydrogen-bond acceptors (Lipinski definition) is 1. The van der Waals surface area contributed by atoms with Crippen LogP contribution in [0.1, 0.15) is 26.7 Å². The number of rotatable bonds is 4. The molecule has 0 saturated heterocycles. The molecule has 0 N–H and O–H groups in total. The van der Waals surface area contributed by atoms with E-state index in [0.717, 1.165) is 19.4 Å². The van der Waals surface area contributed by atoms with Crippen LogP contribution in [-0.4, -0.2) is 4.57 Å². The van der Waals surface area contributed by atoms with E-state index in [1.807, 2.05) is 12.3 Å². The highest BCUT2D eigenvalue weighted by atomic mass is 16.1. The number of nitrogens with zero attached hydrogens (tertiary/aromatic N) is 1. The summed E-state index contributed by atoms with van der Waals surface area (Å²) in [5.74, 6) is 0.625. The average Bonchev–Trinajstić information content (AvgIpc) is 2.17. The van der Waals surface area contributed by atoms with E-state index in [2.05, 4.69) is 13.8 Å². The van der Waals surface area contributed by atoms with Crippen molar-refractivity contribution >= 4 is 0 Å². The lowest BCUT2D eigenvalue weighted by molar-refractivity contribution is 0.412. The van der Waals surface area contributed by atoms with Crippen molar-refractivity contribution < 1.29 is 0 Å². The predicted molar refractivity (Wildman–Crippen MR) is 54.8 cm³/mol. The lowest BCUT2D eigenvalue weighted by atomic mass is 10.0. The van der Waals surface area contributed by atoms with Crippen molar-refractivity contribution in [3.05, 3.63) is 34.7 Å². The van der Waals surface area contributed by atoms with E-state index in [0.29, 0.717) is 5.92 Å². The maximum Gasteiger partial charge on any atom is 0.250 e. The van der Waals surface area contributed by atoms with Crippen LogP contribution in [0.25, 0.3) is 0 Å². The molecule has 0 bridgehead atoms. The molecule has 72 valence electrons. The van der Waals surface area contributed by atoms with E-state index < -0.39 is 0 Å². The summed E-state index contributed by atoms with van der Waals surface area (Å²) in [4.78, 5) is 11.3. The lowest BCUT2D eigenvalue weighted by Crippen LogP contribution is -2.21. The summed E-state index contributed by atoms with van der Waals surface area (Å²) in [6, 6.07) is 5.30. The van der Waals surface area contributed by atoms with Crippen LogP contribution in [0, 0.1) is 5.92 Å². The Morgan fingerprint density at radius 2 is 2.00 bits per heavy atom. The smallest absolute Gasteiger partial charge is 0.250 e. The molecule has 0 aliphatic carbocycles. The Balaban J connectivity index is 2.73. The zero-order chi connectivity index (χ0) is 9.68. The molecule has 0 aromatic carbocycles. The minimum atomic E-state index is 0.106. The number of pyridine rings is 1. The van der Waals surface area contributed by atoms with Gasteiger partial charge in [-0.3, -0.25) is 4.79 Å². The number of hydrogen-bond donors (Lipinski definition) is 0. The lowest BCUT2D eigenvalue weighted by Gasteiger charge is -2.13. The Kier molecular flexibility index (Phi) is 3.74. The van der Waals surface area contributed by atoms with Crippen LogP contribution in [0.4, 0.5) is 0 Å². The topological polar surface area (TPSA) is 22.0 Å². The molecule has 2 nitrogen and oxygen atoms in total. The first kappa shape index (κ1) is 10.0. The van der Waals surface area contributed by atoms with Crippen LogP contribution in [-0.2, 0) is 6.54 Å². The van der Waals surface area contributed by atoms with Gasteiger partial charge in [0.1, 0.15) is 0 Å². The fourth-order valence-electron chi connectivity index (χ4n) is 1.44. The molecule has 0 fully saturated rings. The molecule has 0 amide bonds. The molecule has 1 rings (SSSR count). The van der Waals surface area contributed by atoms with Crippen molar-refractivity contribution in [3.63, 3.8) is 0 Å². The molecule has 1 aromatic heterocycles. The fraction of sp³-hybridized carbons (Fsp3) is 0.545. The minimum absolute atomic E-state index is 0.106. The van der Waals surface area contributed by atoms with Gasteiger partial charge < -0.3 is 4.57 Å². The summed E-state index contributed by atoms with van der Waals surface area (Å²) in [6.45, 7) is 5.19. The summed E-state index contributed by atoms with van der Waals surface area (Å²) >= 11 is 0. The summed E-state index contributed by atoms with van der Waals surface area (Å²) in [6.07, 6.45) is 4.14. The molecule has 13 heavy (non-hydrogen) atoms. The van der Waals surface area contributed by atoms with Crippen LogP contribution in [0.2, 0.25) is 0 Å². The van der Waals surface area contributed by atoms with Gasteiger partial charge >= 0.3 is 0 Å². The molecule has 0 atom stereocenters. The highest BCUT2D eigenvalue weighted by Gasteiger charge is 2.04. The first-order valence-corrected chi connectivity index (χ1v) is 4.93. The van der Waals surface area contributed by atoms with Crippen molar-refractivity contribution in [2.24, 2.45) is 5.92 Å². The molecule has 0 saturated carbocycles. The summed E-state index contributed by atoms with van der Waals surface area (Å²) < 4.78 is 1.79. The van der Waals surface area contributed by atoms with Crippen molar-refractivity contribution in [1.29, 1.82) is 0 Å². The standard InChI is InChI=1S/C11H17NO/c1-3-10(4-2)9-12-8-6-5-7-11(12)13/h5-8,10H,3-4,9H2,1-2H3. The first-order valence-electron chi connectivity index (χ1n) is 4.93. The van der Waals surface area contributed by atoms with Crippen LogP contribution in [0.15, 0.2) is 29.2 Å². The molecular formula is C11H17NO. The molecule has 0 unspecified atom stereocenters. The Morgan fingerprint density at radius 3 is 2.54 bits per heavy atom. The van der Waals surface area contributed by atoms with Gasteiger partial charge in [-0.15, -0.1) is 0 Å². The van der Waals surface area contributed by atoms with Gasteiger partial charge in [-0.25, -0.2) is 0 Å². The van der Waals surface area contributed by atoms with Gasteiger partial charge in [0.05, 0.1) is 0 Å². The molecule has 0 radical (unpaired) electrons. The van der Waals surface area contributed by atoms with E-state index in [9.17, 15) is 4.79 Å². The van der Waals surface area contributed by atoms with Gasteiger partial charge in [0, 0.05) is 18.8 Å². The first-order chi connectivity index (χ1) is 6.27. The number of aromatic nitrogens is 1. The Labute approximate surface area is 79.2 Å². The third-order valence-corrected chi connectivity index (χ3v) is 2.51. The zero-order valence-corrected chi connectivity index (χ0v) is 8.36. The molecule has 1 aromatic rings. The van der Waals surface area contributed by atoms with Crippen LogP contribution in [0.3, 0.4) is 0 Å². The molecular weight excluding hydrogens is 162 g/mol. The SMILES string of the molecule is CCC(CC)Cn1ccccc1=O. The zero-order valence-electron chi connectivity index (χ0n) is 8.36. The maximum atomic E-state index is 11.3. The quantitative estimate of drug-likeness (QED) is 0.695. The Morgan fingerprint density at radius 1 is 1.31 bits per heavy atom. The minimum Gasteiger partial charge on any atom is -0.315 e. The van der Waals surface area contributed by atoms with E-state index in [1.54, 1.807) is 16.7 Å². The summed E-state index contributed by atoms with van der Waals surface area (Å²) in [5.41, 5.74) is 0.106. The van der Waals surface area contributed by atoms with E-state index in [-0.39, 0.29) is 5.56 Å². The van der Waals surface area contributed by atoms with Crippen molar-refractivity contribution in [3.8, 4) is 0 Å². The van der Waals surface area contributed by atoms with Gasteiger partial charge in [-0.05, 0) is 12.0 Å². The third kappa shape index (κ3) is 2.72. The van der Waals surface area contributed by atoms with E-state index in [1.165, 1.54) is 0 Å². The van der Waals surface area contributed by atoms with Gasteiger partial charge in [0.25, 0.3) is 5.56 Å². The molecule has 1 heterocycles. The second kappa shape index (κ2) is 4.85. The van der Waals surface area contributed by atoms with E-state index in [4.69, 9.17) is 0 Å². The third-order valence-electron chi connectivity index (χ3n) is 2.51. The highest BCUT2D eigenvalue weighted by Crippen LogP contribution is 2.08. The molecule has 0 aliphatic rings. The summed E-state index contributed by atoms with van der Waals surface area (Å²) in [7, 11) is 0. The van der Waals surface area contributed by atoms with E-state index >= 15 is 0 Å². The molecule has 0 spiro atoms. The predicted octanol–water partition coefficient (Wildman–Crippen LogP) is 2.28. The Bertz CT molecular complexity index is 299. The summed E-state index contributed by atoms with van der Waals surface area (Å²) in [5, 5.41) is 0. The normalized spacial score (nSPS) is 10.7. The van der Waals surface area contributed by atoms with Gasteiger partial charge in [-0.1, -0.05) is 32.8 Å². The fourth-order valence-corrected chi connectivity index (χ4v) is 1.44. The van der Waals surface area contributed by atoms with Crippen LogP contribution in [0.5, 0.6) is 0 Å². The second-order valence-electron chi connectivity index (χ2n) is 3.37. The van der Waals surface area contributed by atoms with Crippen LogP contribution >= 0.6 is 0 Å². The van der Waals surface area contributed by atoms with Crippen LogP contribution < -0.4 is 5.56 Å². The van der Waals surface area contributed by atoms with Gasteiger partial charge in [0.15, 0.2) is 0 Å². The second-order valence-corrected chi connectivity index (χ2v) is 3.37. The van der Waals surface area contributed by atoms with Crippen molar-refractivity contribution in [2.45, 2.75) is 33.2 Å². The highest BCUT2D eigenvalue weighted by molar-refractivity contribution is 4.93. The monoisotopic (exact) mass is 179 g/mol. The molecule has 2 heteroatoms. The average molecular weight is 179 g/mol. The Hall–Kier alpha value is -1.05. The largest absolute Gasteiger partial charge is 0.315 e. The van der Waals surface area contributed by atoms with Gasteiger partial charge in [0.2, 0.25) is 0 Å².